The lowest BCUT2D eigenvalue weighted by molar-refractivity contribution is -0.123. The second-order valence-corrected chi connectivity index (χ2v) is 7.69. The highest BCUT2D eigenvalue weighted by Crippen LogP contribution is 2.40. The van der Waals surface area contributed by atoms with Gasteiger partial charge in [0, 0.05) is 24.1 Å². The van der Waals surface area contributed by atoms with Crippen molar-refractivity contribution in [1.29, 1.82) is 0 Å². The summed E-state index contributed by atoms with van der Waals surface area (Å²) < 4.78 is 6.03. The van der Waals surface area contributed by atoms with Gasteiger partial charge in [0.05, 0.1) is 6.04 Å². The minimum Gasteiger partial charge on any atom is -0.487 e. The molecule has 5 heteroatoms. The van der Waals surface area contributed by atoms with Crippen LogP contribution in [0.1, 0.15) is 70.4 Å². The Morgan fingerprint density at radius 3 is 2.71 bits per heavy atom. The fraction of sp³-hybridized carbons (Fsp3) is 0.632. The van der Waals surface area contributed by atoms with E-state index in [0.29, 0.717) is 18.0 Å². The Labute approximate surface area is 150 Å². The molecule has 4 nitrogen and oxygen atoms in total. The van der Waals surface area contributed by atoms with Gasteiger partial charge in [-0.15, -0.1) is 12.4 Å². The number of hydrogen-bond donors (Lipinski definition) is 2. The number of nitrogens with one attached hydrogen (secondary N) is 1. The second kappa shape index (κ2) is 7.64. The first-order chi connectivity index (χ1) is 10.9. The molecule has 1 amide bonds. The molecule has 0 aromatic heterocycles. The van der Waals surface area contributed by atoms with Crippen LogP contribution < -0.4 is 15.8 Å². The zero-order valence-electron chi connectivity index (χ0n) is 14.6. The van der Waals surface area contributed by atoms with Crippen molar-refractivity contribution in [1.82, 2.24) is 5.32 Å². The predicted octanol–water partition coefficient (Wildman–Crippen LogP) is 4.38. The fourth-order valence-electron chi connectivity index (χ4n) is 3.91. The number of benzene rings is 1. The van der Waals surface area contributed by atoms with E-state index in [4.69, 9.17) is 10.5 Å². The van der Waals surface area contributed by atoms with Crippen LogP contribution >= 0.6 is 12.4 Å². The van der Waals surface area contributed by atoms with Gasteiger partial charge < -0.3 is 15.8 Å². The van der Waals surface area contributed by atoms with Crippen molar-refractivity contribution in [3.05, 3.63) is 23.8 Å². The van der Waals surface area contributed by atoms with E-state index in [9.17, 15) is 4.79 Å². The summed E-state index contributed by atoms with van der Waals surface area (Å²) in [5.74, 6) is 1.54. The first-order valence-electron chi connectivity index (χ1n) is 8.81. The molecule has 1 heterocycles. The van der Waals surface area contributed by atoms with Gasteiger partial charge in [-0.2, -0.15) is 0 Å². The number of hydrogen-bond acceptors (Lipinski definition) is 3. The van der Waals surface area contributed by atoms with Gasteiger partial charge in [0.15, 0.2) is 0 Å². The molecule has 1 aliphatic carbocycles. The monoisotopic (exact) mass is 352 g/mol. The summed E-state index contributed by atoms with van der Waals surface area (Å²) in [4.78, 5) is 12.5. The van der Waals surface area contributed by atoms with Crippen LogP contribution in [0.5, 0.6) is 5.75 Å². The average Bonchev–Trinajstić information content (AvgIpc) is 2.48. The van der Waals surface area contributed by atoms with Crippen molar-refractivity contribution < 1.29 is 9.53 Å². The highest BCUT2D eigenvalue weighted by atomic mass is 35.5. The van der Waals surface area contributed by atoms with Crippen molar-refractivity contribution in [3.8, 4) is 5.75 Å². The van der Waals surface area contributed by atoms with E-state index < -0.39 is 0 Å². The Morgan fingerprint density at radius 1 is 1.29 bits per heavy atom. The number of ether oxygens (including phenoxy) is 1. The second-order valence-electron chi connectivity index (χ2n) is 7.69. The standard InChI is InChI=1S/C19H28N2O2.ClH/c1-19(2)12-16(15-11-14(20)8-9-17(15)23-19)21-18(22)10-13-6-4-3-5-7-13;/h8-9,11,13,16H,3-7,10,12,20H2,1-2H3,(H,21,22);1H. The quantitative estimate of drug-likeness (QED) is 0.793. The molecule has 1 aromatic rings. The number of halogens is 1. The molecule has 1 fully saturated rings. The third-order valence-corrected chi connectivity index (χ3v) is 5.03. The molecule has 134 valence electrons. The maximum absolute atomic E-state index is 12.5. The van der Waals surface area contributed by atoms with Crippen LogP contribution in [0.15, 0.2) is 18.2 Å². The maximum Gasteiger partial charge on any atom is 0.220 e. The summed E-state index contributed by atoms with van der Waals surface area (Å²) in [7, 11) is 0. The highest BCUT2D eigenvalue weighted by Gasteiger charge is 2.34. The summed E-state index contributed by atoms with van der Waals surface area (Å²) in [5, 5.41) is 3.23. The number of carbonyl (C=O) groups excluding carboxylic acids is 1. The van der Waals surface area contributed by atoms with Gasteiger partial charge in [0.1, 0.15) is 11.4 Å². The number of amides is 1. The van der Waals surface area contributed by atoms with E-state index in [2.05, 4.69) is 19.2 Å². The smallest absolute Gasteiger partial charge is 0.220 e. The molecular weight excluding hydrogens is 324 g/mol. The van der Waals surface area contributed by atoms with Crippen LogP contribution in [0.25, 0.3) is 0 Å². The molecule has 1 atom stereocenters. The predicted molar refractivity (Wildman–Crippen MR) is 99.5 cm³/mol. The molecule has 0 saturated heterocycles. The Balaban J connectivity index is 0.00000208. The molecule has 3 N–H and O–H groups in total. The molecule has 0 bridgehead atoms. The largest absolute Gasteiger partial charge is 0.487 e. The van der Waals surface area contributed by atoms with Crippen LogP contribution in [0, 0.1) is 5.92 Å². The Morgan fingerprint density at radius 2 is 2.00 bits per heavy atom. The van der Waals surface area contributed by atoms with Crippen LogP contribution in [-0.4, -0.2) is 11.5 Å². The molecule has 1 saturated carbocycles. The van der Waals surface area contributed by atoms with Gasteiger partial charge in [0.2, 0.25) is 5.91 Å². The first kappa shape index (κ1) is 18.9. The lowest BCUT2D eigenvalue weighted by Crippen LogP contribution is -2.41. The number of carbonyl (C=O) groups is 1. The third-order valence-electron chi connectivity index (χ3n) is 5.03. The molecular formula is C19H29ClN2O2. The number of rotatable bonds is 3. The molecule has 0 spiro atoms. The maximum atomic E-state index is 12.5. The highest BCUT2D eigenvalue weighted by molar-refractivity contribution is 5.85. The minimum absolute atomic E-state index is 0. The van der Waals surface area contributed by atoms with Gasteiger partial charge in [-0.3, -0.25) is 4.79 Å². The minimum atomic E-state index is -0.286. The van der Waals surface area contributed by atoms with E-state index in [1.54, 1.807) is 0 Å². The lowest BCUT2D eigenvalue weighted by Gasteiger charge is -2.38. The SMILES string of the molecule is CC1(C)CC(NC(=O)CC2CCCCC2)c2cc(N)ccc2O1.Cl. The molecule has 2 aliphatic rings. The van der Waals surface area contributed by atoms with Crippen molar-refractivity contribution >= 4 is 24.0 Å². The lowest BCUT2D eigenvalue weighted by atomic mass is 9.86. The topological polar surface area (TPSA) is 64.4 Å². The number of anilines is 1. The molecule has 1 aromatic carbocycles. The molecule has 1 unspecified atom stereocenters. The molecule has 24 heavy (non-hydrogen) atoms. The molecule has 0 radical (unpaired) electrons. The van der Waals surface area contributed by atoms with E-state index in [0.717, 1.165) is 17.7 Å². The Hall–Kier alpha value is -1.42. The summed E-state index contributed by atoms with van der Waals surface area (Å²) in [5.41, 5.74) is 7.35. The number of nitrogens with two attached hydrogens (primary N) is 1. The number of fused-ring (bicyclic) bond motifs is 1. The average molecular weight is 353 g/mol. The van der Waals surface area contributed by atoms with E-state index in [1.165, 1.54) is 32.1 Å². The van der Waals surface area contributed by atoms with Crippen molar-refractivity contribution in [2.75, 3.05) is 5.73 Å². The summed E-state index contributed by atoms with van der Waals surface area (Å²) in [6.45, 7) is 4.12. The molecule has 3 rings (SSSR count). The first-order valence-corrected chi connectivity index (χ1v) is 8.81. The van der Waals surface area contributed by atoms with Crippen LogP contribution in [-0.2, 0) is 4.79 Å². The van der Waals surface area contributed by atoms with Gasteiger partial charge in [-0.1, -0.05) is 19.3 Å². The van der Waals surface area contributed by atoms with Gasteiger partial charge in [-0.05, 0) is 50.8 Å². The van der Waals surface area contributed by atoms with Crippen molar-refractivity contribution in [3.63, 3.8) is 0 Å². The summed E-state index contributed by atoms with van der Waals surface area (Å²) >= 11 is 0. The zero-order valence-corrected chi connectivity index (χ0v) is 15.5. The number of nitrogen functional groups attached to an aromatic ring is 1. The van der Waals surface area contributed by atoms with Gasteiger partial charge >= 0.3 is 0 Å². The van der Waals surface area contributed by atoms with E-state index in [1.807, 2.05) is 18.2 Å². The third kappa shape index (κ3) is 4.56. The van der Waals surface area contributed by atoms with Gasteiger partial charge in [0.25, 0.3) is 0 Å². The van der Waals surface area contributed by atoms with Crippen molar-refractivity contribution in [2.45, 2.75) is 70.4 Å². The van der Waals surface area contributed by atoms with Crippen LogP contribution in [0.3, 0.4) is 0 Å². The van der Waals surface area contributed by atoms with Gasteiger partial charge in [-0.25, -0.2) is 0 Å². The van der Waals surface area contributed by atoms with E-state index in [-0.39, 0.29) is 30.0 Å². The Bertz CT molecular complexity index is 583. The summed E-state index contributed by atoms with van der Waals surface area (Å²) in [6.07, 6.45) is 7.64. The Kier molecular flexibility index (Phi) is 6.02. The summed E-state index contributed by atoms with van der Waals surface area (Å²) in [6, 6.07) is 5.66. The van der Waals surface area contributed by atoms with Crippen LogP contribution in [0.2, 0.25) is 0 Å². The van der Waals surface area contributed by atoms with E-state index >= 15 is 0 Å². The normalized spacial score (nSPS) is 22.7. The van der Waals surface area contributed by atoms with Crippen molar-refractivity contribution in [2.24, 2.45) is 5.92 Å². The molecule has 1 aliphatic heterocycles. The zero-order chi connectivity index (χ0) is 16.4. The van der Waals surface area contributed by atoms with Crippen LogP contribution in [0.4, 0.5) is 5.69 Å². The fourth-order valence-corrected chi connectivity index (χ4v) is 3.91.